The lowest BCUT2D eigenvalue weighted by Crippen LogP contribution is -2.35. The second-order valence-corrected chi connectivity index (χ2v) is 10.7. The Kier molecular flexibility index (Phi) is 6.88. The summed E-state index contributed by atoms with van der Waals surface area (Å²) in [5, 5.41) is 2.97. The minimum Gasteiger partial charge on any atom is -0.331 e. The van der Waals surface area contributed by atoms with Crippen LogP contribution >= 0.6 is 11.8 Å². The fourth-order valence-electron chi connectivity index (χ4n) is 4.05. The van der Waals surface area contributed by atoms with Gasteiger partial charge in [-0.3, -0.25) is 4.79 Å². The predicted molar refractivity (Wildman–Crippen MR) is 128 cm³/mol. The van der Waals surface area contributed by atoms with Gasteiger partial charge in [0.25, 0.3) is 0 Å². The molecule has 4 rings (SSSR count). The van der Waals surface area contributed by atoms with E-state index in [-0.39, 0.29) is 10.8 Å². The van der Waals surface area contributed by atoms with E-state index < -0.39 is 10.0 Å². The van der Waals surface area contributed by atoms with E-state index in [1.54, 1.807) is 34.3 Å². The number of aryl methyl sites for hydroxylation is 2. The van der Waals surface area contributed by atoms with Crippen LogP contribution in [0.2, 0.25) is 0 Å². The summed E-state index contributed by atoms with van der Waals surface area (Å²) in [7, 11) is -1.61. The third-order valence-corrected chi connectivity index (χ3v) is 8.54. The summed E-state index contributed by atoms with van der Waals surface area (Å²) in [6.07, 6.45) is 5.61. The van der Waals surface area contributed by atoms with Crippen LogP contribution in [0.4, 0.5) is 5.69 Å². The highest BCUT2D eigenvalue weighted by molar-refractivity contribution is 7.98. The molecule has 1 fully saturated rings. The molecule has 1 aliphatic heterocycles. The van der Waals surface area contributed by atoms with E-state index in [1.165, 1.54) is 0 Å². The van der Waals surface area contributed by atoms with Gasteiger partial charge in [0, 0.05) is 37.9 Å². The van der Waals surface area contributed by atoms with E-state index in [4.69, 9.17) is 0 Å². The molecule has 1 amide bonds. The second-order valence-electron chi connectivity index (χ2n) is 7.95. The standard InChI is InChI=1S/C23H28N4O3S2/c1-26-20-11-10-17(32(29,30)27-14-6-3-7-15-27)16-19(20)24-22(26)12-13-23(28)25-18-8-4-5-9-21(18)31-2/h4-5,8-11,16H,3,6-7,12-15H2,1-2H3,(H,25,28). The number of nitrogens with zero attached hydrogens (tertiary/aromatic N) is 3. The van der Waals surface area contributed by atoms with Crippen molar-refractivity contribution < 1.29 is 13.2 Å². The minimum absolute atomic E-state index is 0.0769. The Morgan fingerprint density at radius 1 is 1.12 bits per heavy atom. The maximum absolute atomic E-state index is 13.0. The molecule has 2 aromatic carbocycles. The van der Waals surface area contributed by atoms with Crippen LogP contribution in [0.25, 0.3) is 11.0 Å². The highest BCUT2D eigenvalue weighted by Crippen LogP contribution is 2.26. The van der Waals surface area contributed by atoms with E-state index in [2.05, 4.69) is 10.3 Å². The molecule has 9 heteroatoms. The highest BCUT2D eigenvalue weighted by atomic mass is 32.2. The lowest BCUT2D eigenvalue weighted by atomic mass is 10.2. The van der Waals surface area contributed by atoms with Gasteiger partial charge in [0.1, 0.15) is 5.82 Å². The van der Waals surface area contributed by atoms with Gasteiger partial charge in [-0.2, -0.15) is 4.31 Å². The number of sulfonamides is 1. The maximum Gasteiger partial charge on any atom is 0.243 e. The molecule has 170 valence electrons. The SMILES string of the molecule is CSc1ccccc1NC(=O)CCc1nc2cc(S(=O)(=O)N3CCCCC3)ccc2n1C. The quantitative estimate of drug-likeness (QED) is 0.525. The third kappa shape index (κ3) is 4.69. The van der Waals surface area contributed by atoms with Crippen molar-refractivity contribution in [3.63, 3.8) is 0 Å². The number of para-hydroxylation sites is 1. The molecule has 0 bridgehead atoms. The summed E-state index contributed by atoms with van der Waals surface area (Å²) >= 11 is 1.59. The van der Waals surface area contributed by atoms with Crippen LogP contribution in [0, 0.1) is 0 Å². The fraction of sp³-hybridized carbons (Fsp3) is 0.391. The number of hydrogen-bond donors (Lipinski definition) is 1. The number of aromatic nitrogens is 2. The van der Waals surface area contributed by atoms with Gasteiger partial charge in [0.2, 0.25) is 15.9 Å². The molecule has 0 radical (unpaired) electrons. The molecule has 1 saturated heterocycles. The first-order chi connectivity index (χ1) is 15.4. The monoisotopic (exact) mass is 472 g/mol. The minimum atomic E-state index is -3.51. The number of anilines is 1. The molecule has 0 spiro atoms. The second kappa shape index (κ2) is 9.64. The van der Waals surface area contributed by atoms with Gasteiger partial charge in [0.05, 0.1) is 21.6 Å². The summed E-state index contributed by atoms with van der Waals surface area (Å²) < 4.78 is 29.5. The Hall–Kier alpha value is -2.36. The fourth-order valence-corrected chi connectivity index (χ4v) is 6.15. The number of piperidine rings is 1. The van der Waals surface area contributed by atoms with Gasteiger partial charge < -0.3 is 9.88 Å². The van der Waals surface area contributed by atoms with Gasteiger partial charge in [-0.25, -0.2) is 13.4 Å². The van der Waals surface area contributed by atoms with Crippen LogP contribution in [0.5, 0.6) is 0 Å². The van der Waals surface area contributed by atoms with E-state index in [0.717, 1.165) is 41.2 Å². The van der Waals surface area contributed by atoms with Gasteiger partial charge in [0.15, 0.2) is 0 Å². The highest BCUT2D eigenvalue weighted by Gasteiger charge is 2.26. The molecule has 1 aromatic heterocycles. The normalized spacial score (nSPS) is 15.2. The number of thioether (sulfide) groups is 1. The zero-order valence-electron chi connectivity index (χ0n) is 18.4. The van der Waals surface area contributed by atoms with Crippen LogP contribution in [-0.2, 0) is 28.3 Å². The summed E-state index contributed by atoms with van der Waals surface area (Å²) in [4.78, 5) is 18.4. The topological polar surface area (TPSA) is 84.3 Å². The van der Waals surface area contributed by atoms with Gasteiger partial charge >= 0.3 is 0 Å². The lowest BCUT2D eigenvalue weighted by Gasteiger charge is -2.25. The number of fused-ring (bicyclic) bond motifs is 1. The summed E-state index contributed by atoms with van der Waals surface area (Å²) in [6.45, 7) is 1.14. The molecule has 1 N–H and O–H groups in total. The number of benzene rings is 2. The van der Waals surface area contributed by atoms with Crippen molar-refractivity contribution in [2.45, 2.75) is 41.9 Å². The van der Waals surface area contributed by atoms with E-state index in [1.807, 2.05) is 42.1 Å². The number of hydrogen-bond acceptors (Lipinski definition) is 5. The molecule has 32 heavy (non-hydrogen) atoms. The van der Waals surface area contributed by atoms with Crippen molar-refractivity contribution >= 4 is 44.4 Å². The molecule has 0 atom stereocenters. The van der Waals surface area contributed by atoms with Crippen LogP contribution in [-0.4, -0.2) is 47.5 Å². The summed E-state index contributed by atoms with van der Waals surface area (Å²) in [5.41, 5.74) is 2.29. The molecule has 2 heterocycles. The number of nitrogens with one attached hydrogen (secondary N) is 1. The van der Waals surface area contributed by atoms with Crippen molar-refractivity contribution in [1.82, 2.24) is 13.9 Å². The number of amides is 1. The van der Waals surface area contributed by atoms with E-state index >= 15 is 0 Å². The van der Waals surface area contributed by atoms with Gasteiger partial charge in [-0.05, 0) is 49.4 Å². The Bertz CT molecular complexity index is 1230. The first-order valence-corrected chi connectivity index (χ1v) is 13.4. The Balaban J connectivity index is 1.49. The smallest absolute Gasteiger partial charge is 0.243 e. The van der Waals surface area contributed by atoms with Crippen molar-refractivity contribution in [1.29, 1.82) is 0 Å². The number of rotatable bonds is 7. The van der Waals surface area contributed by atoms with Crippen LogP contribution in [0.3, 0.4) is 0 Å². The van der Waals surface area contributed by atoms with Crippen LogP contribution in [0.15, 0.2) is 52.3 Å². The molecular formula is C23H28N4O3S2. The number of imidazole rings is 1. The molecule has 3 aromatic rings. The van der Waals surface area contributed by atoms with Crippen molar-refractivity contribution in [2.24, 2.45) is 7.05 Å². The predicted octanol–water partition coefficient (Wildman–Crippen LogP) is 4.04. The summed E-state index contributed by atoms with van der Waals surface area (Å²) in [6, 6.07) is 12.8. The largest absolute Gasteiger partial charge is 0.331 e. The van der Waals surface area contributed by atoms with E-state index in [9.17, 15) is 13.2 Å². The first kappa shape index (κ1) is 22.8. The lowest BCUT2D eigenvalue weighted by molar-refractivity contribution is -0.116. The molecule has 0 saturated carbocycles. The van der Waals surface area contributed by atoms with Gasteiger partial charge in [-0.1, -0.05) is 18.6 Å². The zero-order chi connectivity index (χ0) is 22.7. The maximum atomic E-state index is 13.0. The molecule has 0 aliphatic carbocycles. The van der Waals surface area contributed by atoms with E-state index in [0.29, 0.717) is 31.4 Å². The van der Waals surface area contributed by atoms with Crippen LogP contribution in [0.1, 0.15) is 31.5 Å². The number of carbonyl (C=O) groups excluding carboxylic acids is 1. The molecule has 0 unspecified atom stereocenters. The van der Waals surface area contributed by atoms with Crippen molar-refractivity contribution in [3.05, 3.63) is 48.3 Å². The molecule has 1 aliphatic rings. The Morgan fingerprint density at radius 2 is 1.88 bits per heavy atom. The first-order valence-electron chi connectivity index (χ1n) is 10.8. The zero-order valence-corrected chi connectivity index (χ0v) is 20.0. The molecule has 7 nitrogen and oxygen atoms in total. The summed E-state index contributed by atoms with van der Waals surface area (Å²) in [5.74, 6) is 0.674. The molecular weight excluding hydrogens is 444 g/mol. The Labute approximate surface area is 193 Å². The van der Waals surface area contributed by atoms with Crippen LogP contribution < -0.4 is 5.32 Å². The van der Waals surface area contributed by atoms with Crippen molar-refractivity contribution in [3.8, 4) is 0 Å². The number of carbonyl (C=O) groups is 1. The van der Waals surface area contributed by atoms with Gasteiger partial charge in [-0.15, -0.1) is 11.8 Å². The Morgan fingerprint density at radius 3 is 2.62 bits per heavy atom. The van der Waals surface area contributed by atoms with Crippen molar-refractivity contribution in [2.75, 3.05) is 24.7 Å². The third-order valence-electron chi connectivity index (χ3n) is 5.85. The average Bonchev–Trinajstić information content (AvgIpc) is 3.13. The average molecular weight is 473 g/mol.